The van der Waals surface area contributed by atoms with Gasteiger partial charge in [0.1, 0.15) is 11.6 Å². The lowest BCUT2D eigenvalue weighted by molar-refractivity contribution is 0.415. The van der Waals surface area contributed by atoms with Crippen LogP contribution in [0.5, 0.6) is 5.75 Å². The Morgan fingerprint density at radius 3 is 2.71 bits per heavy atom. The van der Waals surface area contributed by atoms with Gasteiger partial charge in [0.05, 0.1) is 7.11 Å². The van der Waals surface area contributed by atoms with Gasteiger partial charge in [0, 0.05) is 9.86 Å². The van der Waals surface area contributed by atoms with E-state index in [0.29, 0.717) is 11.1 Å². The average molecular weight is 255 g/mol. The predicted octanol–water partition coefficient (Wildman–Crippen LogP) is 3.75. The Hall–Kier alpha value is -1.09. The number of ether oxygens (including phenoxy) is 1. The van der Waals surface area contributed by atoms with E-state index < -0.39 is 0 Å². The summed E-state index contributed by atoms with van der Waals surface area (Å²) in [5, 5.41) is 1.44. The minimum atomic E-state index is -0.242. The molecular weight excluding hydrogens is 247 g/mol. The van der Waals surface area contributed by atoms with Gasteiger partial charge in [-0.3, -0.25) is 0 Å². The van der Waals surface area contributed by atoms with E-state index in [4.69, 9.17) is 4.74 Å². The van der Waals surface area contributed by atoms with Crippen molar-refractivity contribution >= 4 is 26.7 Å². The van der Waals surface area contributed by atoms with E-state index in [0.717, 1.165) is 9.86 Å². The summed E-state index contributed by atoms with van der Waals surface area (Å²) in [5.41, 5.74) is 0. The first kappa shape index (κ1) is 9.46. The first-order valence-corrected chi connectivity index (χ1v) is 4.93. The van der Waals surface area contributed by atoms with Crippen molar-refractivity contribution in [3.8, 4) is 5.75 Å². The van der Waals surface area contributed by atoms with Crippen LogP contribution in [0.25, 0.3) is 10.8 Å². The van der Waals surface area contributed by atoms with Gasteiger partial charge in [-0.2, -0.15) is 0 Å². The number of benzene rings is 2. The zero-order chi connectivity index (χ0) is 10.1. The van der Waals surface area contributed by atoms with Crippen molar-refractivity contribution in [2.75, 3.05) is 7.11 Å². The van der Waals surface area contributed by atoms with Gasteiger partial charge in [0.15, 0.2) is 0 Å². The van der Waals surface area contributed by atoms with Crippen molar-refractivity contribution in [1.29, 1.82) is 0 Å². The Bertz CT molecular complexity index is 482. The van der Waals surface area contributed by atoms with Crippen molar-refractivity contribution < 1.29 is 9.13 Å². The minimum absolute atomic E-state index is 0.242. The number of methoxy groups -OCH3 is 1. The van der Waals surface area contributed by atoms with E-state index in [1.807, 2.05) is 18.2 Å². The number of rotatable bonds is 1. The molecule has 0 radical (unpaired) electrons. The van der Waals surface area contributed by atoms with Crippen molar-refractivity contribution in [1.82, 2.24) is 0 Å². The van der Waals surface area contributed by atoms with Crippen LogP contribution < -0.4 is 4.74 Å². The topological polar surface area (TPSA) is 9.23 Å². The molecule has 0 heterocycles. The lowest BCUT2D eigenvalue weighted by Gasteiger charge is -2.03. The highest BCUT2D eigenvalue weighted by atomic mass is 79.9. The van der Waals surface area contributed by atoms with Crippen molar-refractivity contribution in [3.63, 3.8) is 0 Å². The standard InChI is InChI=1S/C11H8BrFO/c1-14-9-3-2-7-4-8(12)5-11(13)10(7)6-9/h2-6H,1H3. The Balaban J connectivity index is 2.75. The molecule has 14 heavy (non-hydrogen) atoms. The zero-order valence-corrected chi connectivity index (χ0v) is 9.14. The molecule has 0 aliphatic carbocycles. The summed E-state index contributed by atoms with van der Waals surface area (Å²) in [5.74, 6) is 0.423. The van der Waals surface area contributed by atoms with E-state index in [1.165, 1.54) is 6.07 Å². The fourth-order valence-electron chi connectivity index (χ4n) is 1.38. The molecule has 3 heteroatoms. The van der Waals surface area contributed by atoms with Crippen molar-refractivity contribution in [2.24, 2.45) is 0 Å². The molecule has 2 aromatic carbocycles. The number of fused-ring (bicyclic) bond motifs is 1. The van der Waals surface area contributed by atoms with Crippen LogP contribution in [0.3, 0.4) is 0 Å². The molecule has 1 nitrogen and oxygen atoms in total. The molecule has 0 fully saturated rings. The summed E-state index contributed by atoms with van der Waals surface area (Å²) in [7, 11) is 1.57. The van der Waals surface area contributed by atoms with E-state index in [2.05, 4.69) is 15.9 Å². The average Bonchev–Trinajstić information content (AvgIpc) is 2.17. The third kappa shape index (κ3) is 1.60. The lowest BCUT2D eigenvalue weighted by atomic mass is 10.1. The van der Waals surface area contributed by atoms with Gasteiger partial charge in [-0.05, 0) is 29.7 Å². The van der Waals surface area contributed by atoms with Gasteiger partial charge in [-0.1, -0.05) is 22.0 Å². The second kappa shape index (κ2) is 3.58. The summed E-state index contributed by atoms with van der Waals surface area (Å²) in [6.07, 6.45) is 0. The molecule has 0 unspecified atom stereocenters. The molecule has 0 bridgehead atoms. The van der Waals surface area contributed by atoms with Crippen LogP contribution in [-0.2, 0) is 0 Å². The number of hydrogen-bond acceptors (Lipinski definition) is 1. The molecule has 0 amide bonds. The quantitative estimate of drug-likeness (QED) is 0.754. The molecule has 0 aromatic heterocycles. The highest BCUT2D eigenvalue weighted by Crippen LogP contribution is 2.26. The van der Waals surface area contributed by atoms with Crippen molar-refractivity contribution in [3.05, 3.63) is 40.6 Å². The Kier molecular flexibility index (Phi) is 2.42. The summed E-state index contributed by atoms with van der Waals surface area (Å²) in [6.45, 7) is 0. The van der Waals surface area contributed by atoms with Crippen LogP contribution in [-0.4, -0.2) is 7.11 Å². The van der Waals surface area contributed by atoms with Gasteiger partial charge in [-0.25, -0.2) is 4.39 Å². The normalized spacial score (nSPS) is 10.5. The predicted molar refractivity (Wildman–Crippen MR) is 58.2 cm³/mol. The molecule has 0 atom stereocenters. The maximum absolute atomic E-state index is 13.5. The van der Waals surface area contributed by atoms with E-state index in [9.17, 15) is 4.39 Å². The smallest absolute Gasteiger partial charge is 0.132 e. The van der Waals surface area contributed by atoms with Crippen LogP contribution in [0.2, 0.25) is 0 Å². The maximum atomic E-state index is 13.5. The number of halogens is 2. The van der Waals surface area contributed by atoms with Crippen LogP contribution in [0.4, 0.5) is 4.39 Å². The third-order valence-corrected chi connectivity index (χ3v) is 2.53. The molecule has 2 rings (SSSR count). The first-order chi connectivity index (χ1) is 6.70. The summed E-state index contributed by atoms with van der Waals surface area (Å²) < 4.78 is 19.3. The maximum Gasteiger partial charge on any atom is 0.132 e. The minimum Gasteiger partial charge on any atom is -0.497 e. The molecule has 0 saturated carbocycles. The fraction of sp³-hybridized carbons (Fsp3) is 0.0909. The van der Waals surface area contributed by atoms with E-state index in [-0.39, 0.29) is 5.82 Å². The highest BCUT2D eigenvalue weighted by molar-refractivity contribution is 9.10. The highest BCUT2D eigenvalue weighted by Gasteiger charge is 2.03. The van der Waals surface area contributed by atoms with Gasteiger partial charge >= 0.3 is 0 Å². The van der Waals surface area contributed by atoms with Gasteiger partial charge < -0.3 is 4.74 Å². The van der Waals surface area contributed by atoms with Crippen LogP contribution in [0.1, 0.15) is 0 Å². The van der Waals surface area contributed by atoms with Gasteiger partial charge in [0.2, 0.25) is 0 Å². The molecular formula is C11H8BrFO. The molecule has 0 saturated heterocycles. The fourth-order valence-corrected chi connectivity index (χ4v) is 1.83. The SMILES string of the molecule is COc1ccc2cc(Br)cc(F)c2c1. The Morgan fingerprint density at radius 1 is 1.21 bits per heavy atom. The molecule has 0 N–H and O–H groups in total. The zero-order valence-electron chi connectivity index (χ0n) is 7.55. The lowest BCUT2D eigenvalue weighted by Crippen LogP contribution is -1.85. The monoisotopic (exact) mass is 254 g/mol. The molecule has 0 spiro atoms. The first-order valence-electron chi connectivity index (χ1n) is 4.13. The number of hydrogen-bond donors (Lipinski definition) is 0. The van der Waals surface area contributed by atoms with E-state index in [1.54, 1.807) is 13.2 Å². The van der Waals surface area contributed by atoms with Gasteiger partial charge in [-0.15, -0.1) is 0 Å². The summed E-state index contributed by atoms with van der Waals surface area (Å²) >= 11 is 3.25. The Morgan fingerprint density at radius 2 is 2.00 bits per heavy atom. The Labute approximate surface area is 89.6 Å². The molecule has 2 aromatic rings. The summed E-state index contributed by atoms with van der Waals surface area (Å²) in [4.78, 5) is 0. The molecule has 0 aliphatic rings. The van der Waals surface area contributed by atoms with Crippen LogP contribution in [0, 0.1) is 5.82 Å². The largest absolute Gasteiger partial charge is 0.497 e. The second-order valence-corrected chi connectivity index (χ2v) is 3.89. The molecule has 72 valence electrons. The van der Waals surface area contributed by atoms with Crippen LogP contribution in [0.15, 0.2) is 34.8 Å². The third-order valence-electron chi connectivity index (χ3n) is 2.08. The second-order valence-electron chi connectivity index (χ2n) is 2.97. The summed E-state index contributed by atoms with van der Waals surface area (Å²) in [6, 6.07) is 8.66. The molecule has 0 aliphatic heterocycles. The van der Waals surface area contributed by atoms with Crippen LogP contribution >= 0.6 is 15.9 Å². The van der Waals surface area contributed by atoms with E-state index >= 15 is 0 Å². The van der Waals surface area contributed by atoms with Crippen molar-refractivity contribution in [2.45, 2.75) is 0 Å². The van der Waals surface area contributed by atoms with Gasteiger partial charge in [0.25, 0.3) is 0 Å².